The van der Waals surface area contributed by atoms with Crippen LogP contribution in [0.15, 0.2) is 22.7 Å². The zero-order valence-corrected chi connectivity index (χ0v) is 12.8. The van der Waals surface area contributed by atoms with Gasteiger partial charge < -0.3 is 4.90 Å². The van der Waals surface area contributed by atoms with Gasteiger partial charge in [0.25, 0.3) is 5.91 Å². The molecule has 0 heterocycles. The molecule has 1 saturated carbocycles. The standard InChI is InChI=1S/C14H17BrClNO/c1-2-5-17(9-10-3-4-10)14(18)11-6-12(15)8-13(16)7-11/h6-8,10H,2-5,9H2,1H3. The van der Waals surface area contributed by atoms with E-state index in [-0.39, 0.29) is 5.91 Å². The van der Waals surface area contributed by atoms with E-state index in [9.17, 15) is 4.79 Å². The molecule has 0 radical (unpaired) electrons. The van der Waals surface area contributed by atoms with E-state index < -0.39 is 0 Å². The Hall–Kier alpha value is -0.540. The number of nitrogens with zero attached hydrogens (tertiary/aromatic N) is 1. The second-order valence-corrected chi connectivity index (χ2v) is 6.20. The first kappa shape index (κ1) is 13.9. The highest BCUT2D eigenvalue weighted by atomic mass is 79.9. The third kappa shape index (κ3) is 3.72. The summed E-state index contributed by atoms with van der Waals surface area (Å²) in [5, 5.41) is 0.593. The van der Waals surface area contributed by atoms with Gasteiger partial charge in [0.05, 0.1) is 0 Å². The molecule has 0 aliphatic heterocycles. The van der Waals surface area contributed by atoms with Crippen LogP contribution < -0.4 is 0 Å². The normalized spacial score (nSPS) is 14.6. The third-order valence-electron chi connectivity index (χ3n) is 3.07. The van der Waals surface area contributed by atoms with Gasteiger partial charge in [0, 0.05) is 28.1 Å². The van der Waals surface area contributed by atoms with Crippen molar-refractivity contribution in [2.24, 2.45) is 5.92 Å². The average Bonchev–Trinajstić information content (AvgIpc) is 3.10. The van der Waals surface area contributed by atoms with E-state index in [1.54, 1.807) is 12.1 Å². The van der Waals surface area contributed by atoms with Gasteiger partial charge in [-0.1, -0.05) is 34.5 Å². The lowest BCUT2D eigenvalue weighted by Crippen LogP contribution is -2.33. The first-order chi connectivity index (χ1) is 8.60. The summed E-state index contributed by atoms with van der Waals surface area (Å²) in [5.41, 5.74) is 0.670. The number of benzene rings is 1. The molecule has 1 aromatic rings. The molecular formula is C14H17BrClNO. The summed E-state index contributed by atoms with van der Waals surface area (Å²) >= 11 is 9.37. The topological polar surface area (TPSA) is 20.3 Å². The molecule has 1 aliphatic carbocycles. The second kappa shape index (κ2) is 6.07. The first-order valence-electron chi connectivity index (χ1n) is 6.35. The molecule has 1 aromatic carbocycles. The second-order valence-electron chi connectivity index (χ2n) is 4.85. The highest BCUT2D eigenvalue weighted by molar-refractivity contribution is 9.10. The maximum absolute atomic E-state index is 12.4. The van der Waals surface area contributed by atoms with Crippen LogP contribution in [0.2, 0.25) is 5.02 Å². The van der Waals surface area contributed by atoms with Crippen molar-refractivity contribution in [3.8, 4) is 0 Å². The number of carbonyl (C=O) groups excluding carboxylic acids is 1. The molecule has 2 rings (SSSR count). The highest BCUT2D eigenvalue weighted by Crippen LogP contribution is 2.30. The Morgan fingerprint density at radius 1 is 1.44 bits per heavy atom. The van der Waals surface area contributed by atoms with E-state index in [1.165, 1.54) is 12.8 Å². The molecule has 1 amide bonds. The van der Waals surface area contributed by atoms with Crippen molar-refractivity contribution < 1.29 is 4.79 Å². The minimum atomic E-state index is 0.0898. The van der Waals surface area contributed by atoms with Crippen LogP contribution in [0, 0.1) is 5.92 Å². The van der Waals surface area contributed by atoms with Crippen molar-refractivity contribution in [2.75, 3.05) is 13.1 Å². The van der Waals surface area contributed by atoms with Gasteiger partial charge in [0.1, 0.15) is 0 Å². The van der Waals surface area contributed by atoms with Crippen molar-refractivity contribution in [1.82, 2.24) is 4.90 Å². The monoisotopic (exact) mass is 329 g/mol. The minimum Gasteiger partial charge on any atom is -0.338 e. The molecule has 0 N–H and O–H groups in total. The van der Waals surface area contributed by atoms with Crippen molar-refractivity contribution in [3.63, 3.8) is 0 Å². The van der Waals surface area contributed by atoms with E-state index in [1.807, 2.05) is 11.0 Å². The van der Waals surface area contributed by atoms with Crippen LogP contribution in [0.4, 0.5) is 0 Å². The maximum Gasteiger partial charge on any atom is 0.253 e. The lowest BCUT2D eigenvalue weighted by molar-refractivity contribution is 0.0747. The predicted octanol–water partition coefficient (Wildman–Crippen LogP) is 4.36. The minimum absolute atomic E-state index is 0.0898. The average molecular weight is 331 g/mol. The molecule has 1 aliphatic rings. The van der Waals surface area contributed by atoms with Gasteiger partial charge in [0.2, 0.25) is 0 Å². The quantitative estimate of drug-likeness (QED) is 0.785. The van der Waals surface area contributed by atoms with Gasteiger partial charge in [-0.25, -0.2) is 0 Å². The van der Waals surface area contributed by atoms with Gasteiger partial charge in [-0.15, -0.1) is 0 Å². The summed E-state index contributed by atoms with van der Waals surface area (Å²) in [7, 11) is 0. The Morgan fingerprint density at radius 2 is 2.17 bits per heavy atom. The summed E-state index contributed by atoms with van der Waals surface area (Å²) in [6.45, 7) is 3.80. The number of hydrogen-bond acceptors (Lipinski definition) is 1. The zero-order valence-electron chi connectivity index (χ0n) is 10.5. The molecule has 1 fully saturated rings. The van der Waals surface area contributed by atoms with Crippen molar-refractivity contribution in [2.45, 2.75) is 26.2 Å². The van der Waals surface area contributed by atoms with Crippen LogP contribution in [0.1, 0.15) is 36.5 Å². The molecule has 2 nitrogen and oxygen atoms in total. The third-order valence-corrected chi connectivity index (χ3v) is 3.74. The fraction of sp³-hybridized carbons (Fsp3) is 0.500. The molecule has 0 atom stereocenters. The molecule has 0 aromatic heterocycles. The van der Waals surface area contributed by atoms with Crippen molar-refractivity contribution >= 4 is 33.4 Å². The first-order valence-corrected chi connectivity index (χ1v) is 7.52. The zero-order chi connectivity index (χ0) is 13.1. The Bertz CT molecular complexity index is 425. The lowest BCUT2D eigenvalue weighted by Gasteiger charge is -2.22. The predicted molar refractivity (Wildman–Crippen MR) is 78.1 cm³/mol. The van der Waals surface area contributed by atoms with Crippen molar-refractivity contribution in [3.05, 3.63) is 33.3 Å². The molecule has 0 spiro atoms. The Labute approximate surface area is 121 Å². The molecular weight excluding hydrogens is 314 g/mol. The molecule has 18 heavy (non-hydrogen) atoms. The smallest absolute Gasteiger partial charge is 0.253 e. The van der Waals surface area contributed by atoms with Gasteiger partial charge in [0.15, 0.2) is 0 Å². The fourth-order valence-electron chi connectivity index (χ4n) is 2.02. The molecule has 4 heteroatoms. The fourth-order valence-corrected chi connectivity index (χ4v) is 2.88. The van der Waals surface area contributed by atoms with Crippen molar-refractivity contribution in [1.29, 1.82) is 0 Å². The SMILES string of the molecule is CCCN(CC1CC1)C(=O)c1cc(Cl)cc(Br)c1. The molecule has 98 valence electrons. The van der Waals surface area contributed by atoms with Gasteiger partial charge in [-0.3, -0.25) is 4.79 Å². The number of halogens is 2. The van der Waals surface area contributed by atoms with E-state index >= 15 is 0 Å². The summed E-state index contributed by atoms with van der Waals surface area (Å²) < 4.78 is 0.848. The Morgan fingerprint density at radius 3 is 2.72 bits per heavy atom. The Kier molecular flexibility index (Phi) is 4.68. The van der Waals surface area contributed by atoms with Crippen LogP contribution >= 0.6 is 27.5 Å². The van der Waals surface area contributed by atoms with E-state index in [4.69, 9.17) is 11.6 Å². The van der Waals surface area contributed by atoms with Gasteiger partial charge >= 0.3 is 0 Å². The highest BCUT2D eigenvalue weighted by Gasteiger charge is 2.27. The lowest BCUT2D eigenvalue weighted by atomic mass is 10.2. The Balaban J connectivity index is 2.14. The van der Waals surface area contributed by atoms with Gasteiger partial charge in [-0.2, -0.15) is 0 Å². The van der Waals surface area contributed by atoms with E-state index in [2.05, 4.69) is 22.9 Å². The molecule has 0 unspecified atom stereocenters. The molecule has 0 bridgehead atoms. The van der Waals surface area contributed by atoms with Crippen LogP contribution in [0.3, 0.4) is 0 Å². The van der Waals surface area contributed by atoms with E-state index in [0.29, 0.717) is 16.5 Å². The maximum atomic E-state index is 12.4. The van der Waals surface area contributed by atoms with Crippen LogP contribution in [0.5, 0.6) is 0 Å². The summed E-state index contributed by atoms with van der Waals surface area (Å²) in [4.78, 5) is 14.4. The number of hydrogen-bond donors (Lipinski definition) is 0. The summed E-state index contributed by atoms with van der Waals surface area (Å²) in [6, 6.07) is 5.37. The van der Waals surface area contributed by atoms with Crippen LogP contribution in [0.25, 0.3) is 0 Å². The van der Waals surface area contributed by atoms with Crippen LogP contribution in [-0.4, -0.2) is 23.9 Å². The summed E-state index contributed by atoms with van der Waals surface area (Å²) in [5.74, 6) is 0.801. The van der Waals surface area contributed by atoms with Gasteiger partial charge in [-0.05, 0) is 43.4 Å². The number of amides is 1. The summed E-state index contributed by atoms with van der Waals surface area (Å²) in [6.07, 6.45) is 3.50. The van der Waals surface area contributed by atoms with Crippen LogP contribution in [-0.2, 0) is 0 Å². The number of carbonyl (C=O) groups is 1. The molecule has 0 saturated heterocycles. The largest absolute Gasteiger partial charge is 0.338 e. The van der Waals surface area contributed by atoms with E-state index in [0.717, 1.165) is 24.0 Å². The number of rotatable bonds is 5.